The van der Waals surface area contributed by atoms with E-state index in [1.807, 2.05) is 49.7 Å². The van der Waals surface area contributed by atoms with Gasteiger partial charge in [-0.25, -0.2) is 4.98 Å². The molecule has 8 nitrogen and oxygen atoms in total. The fraction of sp³-hybridized carbons (Fsp3) is 0.364. The van der Waals surface area contributed by atoms with E-state index in [1.54, 1.807) is 11.0 Å². The van der Waals surface area contributed by atoms with Crippen molar-refractivity contribution >= 4 is 34.9 Å². The van der Waals surface area contributed by atoms with Crippen molar-refractivity contribution in [1.82, 2.24) is 19.4 Å². The average molecular weight is 441 g/mol. The van der Waals surface area contributed by atoms with Crippen LogP contribution in [0.25, 0.3) is 11.9 Å². The molecule has 0 radical (unpaired) electrons. The third-order valence-electron chi connectivity index (χ3n) is 5.41. The minimum Gasteiger partial charge on any atom is -0.378 e. The minimum atomic E-state index is -0.435. The highest BCUT2D eigenvalue weighted by Crippen LogP contribution is 2.33. The van der Waals surface area contributed by atoms with Gasteiger partial charge in [0.05, 0.1) is 18.1 Å². The molecule has 3 amide bonds. The molecule has 4 heterocycles. The van der Waals surface area contributed by atoms with E-state index >= 15 is 0 Å². The maximum Gasteiger partial charge on any atom is 0.294 e. The highest BCUT2D eigenvalue weighted by molar-refractivity contribution is 8.18. The Morgan fingerprint density at radius 3 is 2.61 bits per heavy atom. The molecule has 2 saturated heterocycles. The van der Waals surface area contributed by atoms with Crippen molar-refractivity contribution in [3.8, 4) is 5.82 Å². The van der Waals surface area contributed by atoms with Crippen LogP contribution in [0.2, 0.25) is 0 Å². The van der Waals surface area contributed by atoms with Crippen molar-refractivity contribution in [2.24, 2.45) is 0 Å². The summed E-state index contributed by atoms with van der Waals surface area (Å²) < 4.78 is 7.26. The van der Waals surface area contributed by atoms with Gasteiger partial charge in [-0.2, -0.15) is 0 Å². The molecule has 4 rings (SSSR count). The van der Waals surface area contributed by atoms with Crippen LogP contribution in [0, 0.1) is 20.8 Å². The second kappa shape index (κ2) is 8.68. The zero-order chi connectivity index (χ0) is 22.1. The van der Waals surface area contributed by atoms with Gasteiger partial charge in [-0.05, 0) is 61.9 Å². The number of thioether (sulfide) groups is 1. The Morgan fingerprint density at radius 2 is 1.94 bits per heavy atom. The largest absolute Gasteiger partial charge is 0.378 e. The van der Waals surface area contributed by atoms with Crippen molar-refractivity contribution in [1.29, 1.82) is 0 Å². The lowest BCUT2D eigenvalue weighted by Crippen LogP contribution is -2.46. The third kappa shape index (κ3) is 4.28. The Kier molecular flexibility index (Phi) is 5.97. The Hall–Kier alpha value is -2.91. The lowest BCUT2D eigenvalue weighted by atomic mass is 10.2. The molecule has 0 aliphatic carbocycles. The van der Waals surface area contributed by atoms with Crippen molar-refractivity contribution in [2.45, 2.75) is 20.8 Å². The van der Waals surface area contributed by atoms with Gasteiger partial charge in [0.2, 0.25) is 5.91 Å². The minimum absolute atomic E-state index is 0.240. The number of imide groups is 1. The van der Waals surface area contributed by atoms with E-state index in [2.05, 4.69) is 4.98 Å². The molecule has 0 saturated carbocycles. The second-order valence-electron chi connectivity index (χ2n) is 7.62. The number of carbonyl (C=O) groups excluding carboxylic acids is 3. The van der Waals surface area contributed by atoms with Crippen LogP contribution in [0.3, 0.4) is 0 Å². The number of aryl methyl sites for hydroxylation is 2. The highest BCUT2D eigenvalue weighted by Gasteiger charge is 2.37. The summed E-state index contributed by atoms with van der Waals surface area (Å²) in [6, 6.07) is 5.91. The van der Waals surface area contributed by atoms with Crippen LogP contribution in [0.4, 0.5) is 4.79 Å². The number of hydrogen-bond acceptors (Lipinski definition) is 6. The van der Waals surface area contributed by atoms with Crippen LogP contribution in [0.15, 0.2) is 29.3 Å². The van der Waals surface area contributed by atoms with E-state index in [1.165, 1.54) is 0 Å². The monoisotopic (exact) mass is 440 g/mol. The predicted octanol–water partition coefficient (Wildman–Crippen LogP) is 2.69. The van der Waals surface area contributed by atoms with E-state index in [-0.39, 0.29) is 12.5 Å². The quantitative estimate of drug-likeness (QED) is 0.680. The van der Waals surface area contributed by atoms with Crippen LogP contribution in [-0.4, -0.2) is 69.3 Å². The number of aromatic nitrogens is 2. The van der Waals surface area contributed by atoms with Gasteiger partial charge in [-0.3, -0.25) is 19.3 Å². The maximum atomic E-state index is 12.9. The number of hydrogen-bond donors (Lipinski definition) is 0. The molecule has 9 heteroatoms. The Morgan fingerprint density at radius 1 is 1.19 bits per heavy atom. The number of rotatable bonds is 4. The smallest absolute Gasteiger partial charge is 0.294 e. The summed E-state index contributed by atoms with van der Waals surface area (Å²) in [5.74, 6) is 0.120. The Balaban J connectivity index is 1.55. The fourth-order valence-electron chi connectivity index (χ4n) is 3.70. The van der Waals surface area contributed by atoms with Gasteiger partial charge < -0.3 is 14.2 Å². The molecule has 2 aromatic rings. The van der Waals surface area contributed by atoms with Crippen LogP contribution in [0.5, 0.6) is 0 Å². The summed E-state index contributed by atoms with van der Waals surface area (Å²) in [5.41, 5.74) is 3.81. The molecule has 0 atom stereocenters. The van der Waals surface area contributed by atoms with Crippen molar-refractivity contribution in [2.75, 3.05) is 32.8 Å². The van der Waals surface area contributed by atoms with Gasteiger partial charge in [-0.15, -0.1) is 0 Å². The van der Waals surface area contributed by atoms with Crippen molar-refractivity contribution < 1.29 is 19.1 Å². The lowest BCUT2D eigenvalue weighted by Gasteiger charge is -2.28. The van der Waals surface area contributed by atoms with Gasteiger partial charge >= 0.3 is 0 Å². The topological polar surface area (TPSA) is 84.7 Å². The molecule has 162 valence electrons. The first-order valence-corrected chi connectivity index (χ1v) is 10.9. The molecule has 0 spiro atoms. The van der Waals surface area contributed by atoms with E-state index in [9.17, 15) is 14.4 Å². The summed E-state index contributed by atoms with van der Waals surface area (Å²) in [4.78, 5) is 45.2. The zero-order valence-electron chi connectivity index (χ0n) is 17.8. The molecule has 0 aromatic carbocycles. The van der Waals surface area contributed by atoms with Gasteiger partial charge in [-0.1, -0.05) is 6.07 Å². The highest BCUT2D eigenvalue weighted by atomic mass is 32.2. The molecule has 0 bridgehead atoms. The van der Waals surface area contributed by atoms with E-state index in [0.29, 0.717) is 31.2 Å². The molecule has 2 aliphatic rings. The molecule has 2 aliphatic heterocycles. The summed E-state index contributed by atoms with van der Waals surface area (Å²) >= 11 is 0.865. The molecular weight excluding hydrogens is 416 g/mol. The number of morpholine rings is 1. The summed E-state index contributed by atoms with van der Waals surface area (Å²) in [7, 11) is 0. The Labute approximate surface area is 184 Å². The molecule has 2 fully saturated rings. The van der Waals surface area contributed by atoms with Crippen LogP contribution in [0.1, 0.15) is 22.5 Å². The van der Waals surface area contributed by atoms with Gasteiger partial charge in [0, 0.05) is 30.7 Å². The molecule has 0 N–H and O–H groups in total. The van der Waals surface area contributed by atoms with E-state index in [0.717, 1.165) is 45.0 Å². The zero-order valence-corrected chi connectivity index (χ0v) is 18.6. The fourth-order valence-corrected chi connectivity index (χ4v) is 4.53. The maximum absolute atomic E-state index is 12.9. The Bertz CT molecular complexity index is 1070. The van der Waals surface area contributed by atoms with E-state index in [4.69, 9.17) is 4.74 Å². The number of nitrogens with zero attached hydrogens (tertiary/aromatic N) is 4. The van der Waals surface area contributed by atoms with Gasteiger partial charge in [0.1, 0.15) is 12.4 Å². The summed E-state index contributed by atoms with van der Waals surface area (Å²) in [5, 5.41) is -0.424. The number of ether oxygens (including phenoxy) is 1. The van der Waals surface area contributed by atoms with Gasteiger partial charge in [0.25, 0.3) is 11.1 Å². The first kappa shape index (κ1) is 21.3. The first-order chi connectivity index (χ1) is 14.8. The average Bonchev–Trinajstić information content (AvgIpc) is 3.19. The number of amides is 3. The first-order valence-electron chi connectivity index (χ1n) is 10.1. The molecule has 2 aromatic heterocycles. The van der Waals surface area contributed by atoms with Gasteiger partial charge in [0.15, 0.2) is 0 Å². The van der Waals surface area contributed by atoms with Crippen molar-refractivity contribution in [3.63, 3.8) is 0 Å². The molecule has 31 heavy (non-hydrogen) atoms. The normalized spacial score (nSPS) is 18.4. The van der Waals surface area contributed by atoms with Crippen LogP contribution < -0.4 is 0 Å². The van der Waals surface area contributed by atoms with E-state index < -0.39 is 11.1 Å². The predicted molar refractivity (Wildman–Crippen MR) is 118 cm³/mol. The molecule has 0 unspecified atom stereocenters. The standard InChI is InChI=1S/C22H24N4O4S/c1-14-4-5-19(23-12-14)26-15(2)10-17(16(26)3)11-18-21(28)25(22(29)31-18)13-20(27)24-6-8-30-9-7-24/h4-5,10-12H,6-9,13H2,1-3H3/b18-11+. The SMILES string of the molecule is Cc1ccc(-n2c(C)cc(/C=C3/SC(=O)N(CC(=O)N4CCOCC4)C3=O)c2C)nc1. The van der Waals surface area contributed by atoms with Crippen molar-refractivity contribution in [3.05, 3.63) is 51.8 Å². The summed E-state index contributed by atoms with van der Waals surface area (Å²) in [6.07, 6.45) is 3.53. The summed E-state index contributed by atoms with van der Waals surface area (Å²) in [6.45, 7) is 7.56. The molecular formula is C22H24N4O4S. The second-order valence-corrected chi connectivity index (χ2v) is 8.61. The number of carbonyl (C=O) groups is 3. The van der Waals surface area contributed by atoms with Crippen LogP contribution in [-0.2, 0) is 14.3 Å². The number of pyridine rings is 1. The third-order valence-corrected chi connectivity index (χ3v) is 6.32. The van der Waals surface area contributed by atoms with Crippen LogP contribution >= 0.6 is 11.8 Å². The lowest BCUT2D eigenvalue weighted by molar-refractivity contribution is -0.139.